The Bertz CT molecular complexity index is 562. The highest BCUT2D eigenvalue weighted by Crippen LogP contribution is 2.31. The Hall–Kier alpha value is -1.62. The molecule has 0 aromatic carbocycles. The quantitative estimate of drug-likeness (QED) is 0.938. The van der Waals surface area contributed by atoms with E-state index in [1.54, 1.807) is 0 Å². The Kier molecular flexibility index (Phi) is 3.51. The third-order valence-electron chi connectivity index (χ3n) is 4.86. The van der Waals surface area contributed by atoms with Gasteiger partial charge in [-0.1, -0.05) is 0 Å². The van der Waals surface area contributed by atoms with Crippen LogP contribution in [0.15, 0.2) is 18.7 Å². The maximum absolute atomic E-state index is 4.91. The number of nitrogens with one attached hydrogen (secondary N) is 1. The van der Waals surface area contributed by atoms with Crippen molar-refractivity contribution >= 4 is 0 Å². The van der Waals surface area contributed by atoms with Gasteiger partial charge in [-0.3, -0.25) is 4.90 Å². The number of hydrogen-bond donors (Lipinski definition) is 1. The average Bonchev–Trinajstić information content (AvgIpc) is 3.24. The zero-order valence-electron chi connectivity index (χ0n) is 12.5. The fourth-order valence-corrected chi connectivity index (χ4v) is 3.70. The van der Waals surface area contributed by atoms with Crippen molar-refractivity contribution in [3.8, 4) is 0 Å². The number of hydrogen-bond acceptors (Lipinski definition) is 3. The number of aromatic nitrogens is 4. The first-order valence-corrected chi connectivity index (χ1v) is 8.17. The number of aromatic amines is 1. The molecule has 3 heterocycles. The number of likely N-dealkylation sites (tertiary alicyclic amines) is 1. The monoisotopic (exact) mass is 285 g/mol. The van der Waals surface area contributed by atoms with Gasteiger partial charge in [-0.15, -0.1) is 0 Å². The Morgan fingerprint density at radius 2 is 2.14 bits per heavy atom. The normalized spacial score (nSPS) is 22.6. The molecular formula is C16H23N5. The molecule has 1 fully saturated rings. The van der Waals surface area contributed by atoms with Gasteiger partial charge in [0.2, 0.25) is 0 Å². The minimum Gasteiger partial charge on any atom is -0.344 e. The van der Waals surface area contributed by atoms with Crippen molar-refractivity contribution in [3.05, 3.63) is 35.9 Å². The molecule has 2 aromatic heterocycles. The summed E-state index contributed by atoms with van der Waals surface area (Å²) >= 11 is 0. The van der Waals surface area contributed by atoms with E-state index in [4.69, 9.17) is 4.98 Å². The third kappa shape index (κ3) is 2.62. The summed E-state index contributed by atoms with van der Waals surface area (Å²) in [4.78, 5) is 15.2. The van der Waals surface area contributed by atoms with Gasteiger partial charge in [0.15, 0.2) is 0 Å². The van der Waals surface area contributed by atoms with Gasteiger partial charge < -0.3 is 9.55 Å². The molecule has 2 aliphatic rings. The molecule has 0 radical (unpaired) electrons. The molecule has 1 atom stereocenters. The number of aryl methyl sites for hydroxylation is 2. The third-order valence-corrected chi connectivity index (χ3v) is 4.86. The lowest BCUT2D eigenvalue weighted by Gasteiger charge is -2.22. The second-order valence-corrected chi connectivity index (χ2v) is 6.25. The van der Waals surface area contributed by atoms with Gasteiger partial charge in [-0.2, -0.15) is 0 Å². The number of fused-ring (bicyclic) bond motifs is 1. The predicted octanol–water partition coefficient (Wildman–Crippen LogP) is 2.32. The predicted molar refractivity (Wildman–Crippen MR) is 81.0 cm³/mol. The van der Waals surface area contributed by atoms with E-state index in [1.165, 1.54) is 55.9 Å². The Balaban J connectivity index is 1.46. The Morgan fingerprint density at radius 3 is 3.00 bits per heavy atom. The first kappa shape index (κ1) is 13.1. The molecule has 1 N–H and O–H groups in total. The maximum Gasteiger partial charge on any atom is 0.124 e. The van der Waals surface area contributed by atoms with Crippen molar-refractivity contribution in [3.63, 3.8) is 0 Å². The number of H-pyrrole nitrogens is 1. The van der Waals surface area contributed by atoms with Crippen LogP contribution in [0.1, 0.15) is 48.9 Å². The van der Waals surface area contributed by atoms with Crippen LogP contribution in [-0.2, 0) is 19.4 Å². The fourth-order valence-electron chi connectivity index (χ4n) is 3.70. The molecule has 1 saturated heterocycles. The summed E-state index contributed by atoms with van der Waals surface area (Å²) in [6.07, 6.45) is 13.2. The lowest BCUT2D eigenvalue weighted by molar-refractivity contribution is 0.239. The van der Waals surface area contributed by atoms with Crippen LogP contribution in [0.25, 0.3) is 0 Å². The van der Waals surface area contributed by atoms with Gasteiger partial charge >= 0.3 is 0 Å². The lowest BCUT2D eigenvalue weighted by Crippen LogP contribution is -2.27. The second kappa shape index (κ2) is 5.64. The summed E-state index contributed by atoms with van der Waals surface area (Å²) in [6.45, 7) is 3.27. The summed E-state index contributed by atoms with van der Waals surface area (Å²) in [5.41, 5.74) is 2.73. The van der Waals surface area contributed by atoms with E-state index in [0.717, 1.165) is 19.5 Å². The summed E-state index contributed by atoms with van der Waals surface area (Å²) < 4.78 is 2.16. The van der Waals surface area contributed by atoms with E-state index in [9.17, 15) is 0 Å². The molecule has 1 aliphatic carbocycles. The van der Waals surface area contributed by atoms with Crippen LogP contribution >= 0.6 is 0 Å². The van der Waals surface area contributed by atoms with Gasteiger partial charge in [0.25, 0.3) is 0 Å². The van der Waals surface area contributed by atoms with Crippen LogP contribution in [0.2, 0.25) is 0 Å². The maximum atomic E-state index is 4.91. The van der Waals surface area contributed by atoms with Gasteiger partial charge in [-0.25, -0.2) is 9.97 Å². The van der Waals surface area contributed by atoms with E-state index in [0.29, 0.717) is 6.04 Å². The second-order valence-electron chi connectivity index (χ2n) is 6.25. The van der Waals surface area contributed by atoms with Crippen LogP contribution in [0.3, 0.4) is 0 Å². The standard InChI is InChI=1S/C16H23N5/c1-2-5-14-13(4-1)18-16(19-14)15-6-3-8-21(15)11-10-20-9-7-17-12-20/h7,9,12,15H,1-6,8,10-11H2,(H,18,19)/t15-/m0/s1. The van der Waals surface area contributed by atoms with Crippen LogP contribution in [0.5, 0.6) is 0 Å². The number of imidazole rings is 2. The largest absolute Gasteiger partial charge is 0.344 e. The van der Waals surface area contributed by atoms with Gasteiger partial charge in [-0.05, 0) is 45.1 Å². The molecule has 1 aliphatic heterocycles. The zero-order valence-corrected chi connectivity index (χ0v) is 12.5. The van der Waals surface area contributed by atoms with E-state index < -0.39 is 0 Å². The van der Waals surface area contributed by atoms with Crippen molar-refractivity contribution in [1.29, 1.82) is 0 Å². The molecule has 0 saturated carbocycles. The average molecular weight is 285 g/mol. The smallest absolute Gasteiger partial charge is 0.124 e. The van der Waals surface area contributed by atoms with E-state index >= 15 is 0 Å². The SMILES string of the molecule is c1cn(CCN2CCC[C@H]2c2nc3c([nH]2)CCCC3)cn1. The van der Waals surface area contributed by atoms with Crippen molar-refractivity contribution in [2.45, 2.75) is 51.1 Å². The van der Waals surface area contributed by atoms with Crippen molar-refractivity contribution < 1.29 is 0 Å². The summed E-state index contributed by atoms with van der Waals surface area (Å²) in [5, 5.41) is 0. The summed E-state index contributed by atoms with van der Waals surface area (Å²) in [6, 6.07) is 0.485. The van der Waals surface area contributed by atoms with Crippen LogP contribution in [0.4, 0.5) is 0 Å². The molecule has 112 valence electrons. The molecule has 0 bridgehead atoms. The lowest BCUT2D eigenvalue weighted by atomic mass is 10.0. The molecule has 0 spiro atoms. The van der Waals surface area contributed by atoms with Gasteiger partial charge in [0.05, 0.1) is 18.1 Å². The molecule has 5 heteroatoms. The topological polar surface area (TPSA) is 49.7 Å². The van der Waals surface area contributed by atoms with Gasteiger partial charge in [0.1, 0.15) is 5.82 Å². The van der Waals surface area contributed by atoms with Crippen molar-refractivity contribution in [2.24, 2.45) is 0 Å². The van der Waals surface area contributed by atoms with Crippen molar-refractivity contribution in [1.82, 2.24) is 24.4 Å². The molecular weight excluding hydrogens is 262 g/mol. The number of rotatable bonds is 4. The summed E-state index contributed by atoms with van der Waals surface area (Å²) in [5.74, 6) is 1.21. The van der Waals surface area contributed by atoms with Crippen LogP contribution < -0.4 is 0 Å². The highest BCUT2D eigenvalue weighted by atomic mass is 15.2. The molecule has 0 unspecified atom stereocenters. The molecule has 21 heavy (non-hydrogen) atoms. The highest BCUT2D eigenvalue weighted by Gasteiger charge is 2.29. The molecule has 0 amide bonds. The minimum absolute atomic E-state index is 0.485. The first-order chi connectivity index (χ1) is 10.4. The van der Waals surface area contributed by atoms with Gasteiger partial charge in [0, 0.05) is 31.2 Å². The van der Waals surface area contributed by atoms with E-state index in [-0.39, 0.29) is 0 Å². The summed E-state index contributed by atoms with van der Waals surface area (Å²) in [7, 11) is 0. The van der Waals surface area contributed by atoms with E-state index in [2.05, 4.69) is 19.4 Å². The Labute approximate surface area is 125 Å². The zero-order chi connectivity index (χ0) is 14.1. The van der Waals surface area contributed by atoms with Crippen molar-refractivity contribution in [2.75, 3.05) is 13.1 Å². The molecule has 4 rings (SSSR count). The van der Waals surface area contributed by atoms with Crippen LogP contribution in [0, 0.1) is 0 Å². The highest BCUT2D eigenvalue weighted by molar-refractivity contribution is 5.19. The minimum atomic E-state index is 0.485. The number of nitrogens with zero attached hydrogens (tertiary/aromatic N) is 4. The fraction of sp³-hybridized carbons (Fsp3) is 0.625. The first-order valence-electron chi connectivity index (χ1n) is 8.17. The molecule has 5 nitrogen and oxygen atoms in total. The van der Waals surface area contributed by atoms with E-state index in [1.807, 2.05) is 18.7 Å². The van der Waals surface area contributed by atoms with Crippen LogP contribution in [-0.4, -0.2) is 37.5 Å². The Morgan fingerprint density at radius 1 is 1.19 bits per heavy atom. The molecule has 2 aromatic rings.